The quantitative estimate of drug-likeness (QED) is 0.186. The van der Waals surface area contributed by atoms with Gasteiger partial charge < -0.3 is 8.98 Å². The maximum Gasteiger partial charge on any atom is 0.166 e. The molecule has 5 heteroatoms. The first-order valence-corrected chi connectivity index (χ1v) is 15.8. The van der Waals surface area contributed by atoms with Crippen LogP contribution in [0.1, 0.15) is 15.1 Å². The molecule has 7 aromatic carbocycles. The van der Waals surface area contributed by atoms with Crippen LogP contribution in [-0.4, -0.2) is 19.5 Å². The first kappa shape index (κ1) is 19.2. The molecule has 0 atom stereocenters. The molecule has 0 saturated heterocycles. The van der Waals surface area contributed by atoms with E-state index in [9.17, 15) is 2.74 Å². The van der Waals surface area contributed by atoms with Gasteiger partial charge in [0.05, 0.1) is 31.8 Å². The number of aromatic nitrogens is 4. The van der Waals surface area contributed by atoms with Crippen LogP contribution in [0.3, 0.4) is 0 Å². The van der Waals surface area contributed by atoms with E-state index in [1.165, 1.54) is 24.3 Å². The molecule has 0 fully saturated rings. The number of para-hydroxylation sites is 4. The minimum Gasteiger partial charge on any atom is -0.455 e. The lowest BCUT2D eigenvalue weighted by molar-refractivity contribution is 0.670. The lowest BCUT2D eigenvalue weighted by Gasteiger charge is -2.16. The van der Waals surface area contributed by atoms with Gasteiger partial charge in [-0.15, -0.1) is 0 Å². The standard InChI is InChI=1S/C45H28N4O/c1-3-14-29(15-4-1)43-46-44(30-16-5-2-6-17-30)48-45(47-43)37-27-26-31(32-21-13-22-36-35-20-9-12-25-41(35)50-42(32)36)28-40(37)49-38-23-10-7-18-33(38)34-19-8-11-24-39(34)49/h1-28H/i7D,8D,9D,13D,18D,19D,20D,22D,23D,24D,25D. The Hall–Kier alpha value is -6.85. The highest BCUT2D eigenvalue weighted by Crippen LogP contribution is 2.41. The average Bonchev–Trinajstić information content (AvgIpc) is 3.85. The molecule has 0 amide bonds. The maximum atomic E-state index is 9.24. The third-order valence-electron chi connectivity index (χ3n) is 8.66. The molecule has 5 nitrogen and oxygen atoms in total. The zero-order valence-electron chi connectivity index (χ0n) is 37.0. The van der Waals surface area contributed by atoms with E-state index in [0.717, 1.165) is 0 Å². The van der Waals surface area contributed by atoms with Crippen molar-refractivity contribution in [3.05, 3.63) is 170 Å². The first-order valence-electron chi connectivity index (χ1n) is 21.3. The van der Waals surface area contributed by atoms with Gasteiger partial charge in [0.2, 0.25) is 0 Å². The van der Waals surface area contributed by atoms with E-state index < -0.39 is 0 Å². The Bertz CT molecular complexity index is 3370. The third-order valence-corrected chi connectivity index (χ3v) is 8.66. The van der Waals surface area contributed by atoms with Crippen molar-refractivity contribution in [2.45, 2.75) is 0 Å². The molecule has 3 aromatic heterocycles. The molecule has 50 heavy (non-hydrogen) atoms. The Morgan fingerprint density at radius 2 is 1.04 bits per heavy atom. The molecule has 0 bridgehead atoms. The second kappa shape index (κ2) is 11.4. The molecule has 234 valence electrons. The van der Waals surface area contributed by atoms with Crippen LogP contribution in [-0.2, 0) is 0 Å². The van der Waals surface area contributed by atoms with Crippen LogP contribution in [0.4, 0.5) is 0 Å². The van der Waals surface area contributed by atoms with Gasteiger partial charge in [0.25, 0.3) is 0 Å². The molecule has 3 heterocycles. The van der Waals surface area contributed by atoms with Crippen molar-refractivity contribution in [1.82, 2.24) is 19.5 Å². The molecule has 0 saturated carbocycles. The van der Waals surface area contributed by atoms with Crippen molar-refractivity contribution in [3.8, 4) is 51.0 Å². The SMILES string of the molecule is [2H]c1cc([2H])c2oc3c(-c4ccc(-c5nc(-c6ccccc6)nc(-c6ccccc6)n5)c(-n5c6c([2H])cc([2H])c([2H])c6c6c([2H])c([2H])cc([2H])c65)c4)cc([2H])c([2H])c3c2c1[2H]. The second-order valence-corrected chi connectivity index (χ2v) is 11.6. The van der Waals surface area contributed by atoms with Crippen molar-refractivity contribution < 1.29 is 19.5 Å². The van der Waals surface area contributed by atoms with Crippen LogP contribution >= 0.6 is 0 Å². The smallest absolute Gasteiger partial charge is 0.166 e. The Kier molecular flexibility index (Phi) is 4.38. The fraction of sp³-hybridized carbons (Fsp3) is 0. The largest absolute Gasteiger partial charge is 0.455 e. The molecule has 0 unspecified atom stereocenters. The monoisotopic (exact) mass is 651 g/mol. The number of rotatable bonds is 5. The molecule has 0 N–H and O–H groups in total. The van der Waals surface area contributed by atoms with E-state index in [1.54, 1.807) is 22.8 Å². The van der Waals surface area contributed by atoms with Crippen LogP contribution in [0.2, 0.25) is 0 Å². The van der Waals surface area contributed by atoms with Crippen LogP contribution in [0.15, 0.2) is 174 Å². The predicted molar refractivity (Wildman–Crippen MR) is 203 cm³/mol. The van der Waals surface area contributed by atoms with Crippen molar-refractivity contribution in [2.75, 3.05) is 0 Å². The van der Waals surface area contributed by atoms with E-state index in [-0.39, 0.29) is 122 Å². The Morgan fingerprint density at radius 3 is 1.70 bits per heavy atom. The lowest BCUT2D eigenvalue weighted by atomic mass is 9.99. The summed E-state index contributed by atoms with van der Waals surface area (Å²) in [7, 11) is 0. The van der Waals surface area contributed by atoms with E-state index in [1.807, 2.05) is 60.7 Å². The van der Waals surface area contributed by atoms with Crippen molar-refractivity contribution >= 4 is 43.7 Å². The zero-order valence-corrected chi connectivity index (χ0v) is 26.0. The summed E-state index contributed by atoms with van der Waals surface area (Å²) in [4.78, 5) is 14.8. The van der Waals surface area contributed by atoms with Crippen LogP contribution in [0.25, 0.3) is 94.7 Å². The fourth-order valence-electron chi connectivity index (χ4n) is 6.39. The highest BCUT2D eigenvalue weighted by atomic mass is 16.3. The van der Waals surface area contributed by atoms with Gasteiger partial charge in [-0.05, 0) is 35.8 Å². The summed E-state index contributed by atoms with van der Waals surface area (Å²) in [6.07, 6.45) is 0. The van der Waals surface area contributed by atoms with Gasteiger partial charge in [0, 0.05) is 43.8 Å². The minimum atomic E-state index is -0.288. The summed E-state index contributed by atoms with van der Waals surface area (Å²) in [5, 5.41) is 0.257. The molecule has 0 aliphatic heterocycles. The molecule has 0 aliphatic carbocycles. The van der Waals surface area contributed by atoms with Crippen LogP contribution in [0, 0.1) is 0 Å². The maximum absolute atomic E-state index is 9.24. The van der Waals surface area contributed by atoms with Crippen molar-refractivity contribution in [3.63, 3.8) is 0 Å². The number of benzene rings is 7. The molecule has 0 aliphatic rings. The normalized spacial score (nSPS) is 14.7. The van der Waals surface area contributed by atoms with E-state index in [4.69, 9.17) is 31.7 Å². The Labute approximate surface area is 303 Å². The minimum absolute atomic E-state index is 0.0105. The van der Waals surface area contributed by atoms with Gasteiger partial charge in [0.1, 0.15) is 11.2 Å². The summed E-state index contributed by atoms with van der Waals surface area (Å²) in [6, 6.07) is 26.3. The van der Waals surface area contributed by atoms with Gasteiger partial charge in [-0.2, -0.15) is 0 Å². The Balaban J connectivity index is 1.37. The van der Waals surface area contributed by atoms with E-state index >= 15 is 0 Å². The molecule has 0 spiro atoms. The topological polar surface area (TPSA) is 56.7 Å². The third kappa shape index (κ3) is 4.52. The van der Waals surface area contributed by atoms with E-state index in [0.29, 0.717) is 39.5 Å². The summed E-state index contributed by atoms with van der Waals surface area (Å²) in [5.74, 6) is 0.887. The summed E-state index contributed by atoms with van der Waals surface area (Å²) >= 11 is 0. The van der Waals surface area contributed by atoms with Gasteiger partial charge in [-0.3, -0.25) is 0 Å². The number of hydrogen-bond donors (Lipinski definition) is 0. The summed E-state index contributed by atoms with van der Waals surface area (Å²) in [5.41, 5.74) is 3.03. The highest BCUT2D eigenvalue weighted by Gasteiger charge is 2.21. The molecular formula is C45H28N4O. The van der Waals surface area contributed by atoms with Crippen molar-refractivity contribution in [1.29, 1.82) is 0 Å². The Morgan fingerprint density at radius 1 is 0.460 bits per heavy atom. The second-order valence-electron chi connectivity index (χ2n) is 11.6. The van der Waals surface area contributed by atoms with Crippen molar-refractivity contribution in [2.24, 2.45) is 0 Å². The van der Waals surface area contributed by atoms with Gasteiger partial charge >= 0.3 is 0 Å². The predicted octanol–water partition coefficient (Wildman–Crippen LogP) is 11.5. The first-order chi connectivity index (χ1) is 29.3. The number of fused-ring (bicyclic) bond motifs is 6. The summed E-state index contributed by atoms with van der Waals surface area (Å²) in [6.45, 7) is 0. The average molecular weight is 652 g/mol. The van der Waals surface area contributed by atoms with Crippen LogP contribution in [0.5, 0.6) is 0 Å². The van der Waals surface area contributed by atoms with Gasteiger partial charge in [-0.1, -0.05) is 139 Å². The van der Waals surface area contributed by atoms with Crippen LogP contribution < -0.4 is 0 Å². The number of furan rings is 1. The van der Waals surface area contributed by atoms with Gasteiger partial charge in [-0.25, -0.2) is 15.0 Å². The highest BCUT2D eigenvalue weighted by molar-refractivity contribution is 6.11. The number of nitrogens with zero attached hydrogens (tertiary/aromatic N) is 4. The fourth-order valence-corrected chi connectivity index (χ4v) is 6.39. The van der Waals surface area contributed by atoms with E-state index in [2.05, 4.69) is 0 Å². The molecule has 0 radical (unpaired) electrons. The lowest BCUT2D eigenvalue weighted by Crippen LogP contribution is -2.04. The summed E-state index contributed by atoms with van der Waals surface area (Å²) < 4.78 is 105. The molecule has 10 rings (SSSR count). The zero-order chi connectivity index (χ0) is 42.6. The molecule has 10 aromatic rings. The number of hydrogen-bond acceptors (Lipinski definition) is 4. The van der Waals surface area contributed by atoms with Gasteiger partial charge in [0.15, 0.2) is 17.5 Å². The molecular weight excluding hydrogens is 613 g/mol.